The minimum Gasteiger partial charge on any atom is -0.349 e. The molecule has 0 spiro atoms. The normalized spacial score (nSPS) is 11.6. The van der Waals surface area contributed by atoms with Crippen LogP contribution in [0.2, 0.25) is 0 Å². The Balaban J connectivity index is 3.47. The molecule has 1 N–H and O–H groups in total. The lowest BCUT2D eigenvalue weighted by molar-refractivity contribution is -0.115. The van der Waals surface area contributed by atoms with E-state index in [4.69, 9.17) is 0 Å². The minimum absolute atomic E-state index is 0.296. The van der Waals surface area contributed by atoms with Crippen LogP contribution in [0.1, 0.15) is 12.8 Å². The molecular weight excluding hydrogens is 134 g/mol. The molecule has 0 saturated heterocycles. The zero-order valence-electron chi connectivity index (χ0n) is 5.45. The van der Waals surface area contributed by atoms with Crippen LogP contribution in [0.15, 0.2) is 0 Å². The summed E-state index contributed by atoms with van der Waals surface area (Å²) in [6.45, 7) is 0. The van der Waals surface area contributed by atoms with Crippen LogP contribution in [0.4, 0.5) is 0 Å². The second-order valence-electron chi connectivity index (χ2n) is 1.77. The lowest BCUT2D eigenvalue weighted by Crippen LogP contribution is -2.28. The van der Waals surface area contributed by atoms with Gasteiger partial charge in [-0.3, -0.25) is 4.79 Å². The van der Waals surface area contributed by atoms with Crippen molar-refractivity contribution < 1.29 is 14.4 Å². The maximum atomic E-state index is 10.1. The number of aldehydes is 2. The highest BCUT2D eigenvalue weighted by Crippen LogP contribution is 1.89. The summed E-state index contributed by atoms with van der Waals surface area (Å²) in [6.07, 6.45) is 2.45. The summed E-state index contributed by atoms with van der Waals surface area (Å²) in [5.74, 6) is 0. The van der Waals surface area contributed by atoms with Gasteiger partial charge in [-0.05, 0) is 6.42 Å². The number of carbonyl (C=O) groups is 3. The van der Waals surface area contributed by atoms with Crippen LogP contribution in [-0.2, 0) is 14.4 Å². The molecule has 0 aromatic carbocycles. The number of nitrogens with one attached hydrogen (secondary N) is 1. The van der Waals surface area contributed by atoms with Crippen molar-refractivity contribution in [1.29, 1.82) is 0 Å². The van der Waals surface area contributed by atoms with Gasteiger partial charge >= 0.3 is 0 Å². The van der Waals surface area contributed by atoms with E-state index in [0.29, 0.717) is 31.8 Å². The lowest BCUT2D eigenvalue weighted by atomic mass is 10.2. The Hall–Kier alpha value is -1.19. The molecular formula is C6H9NO3. The van der Waals surface area contributed by atoms with Crippen molar-refractivity contribution in [2.24, 2.45) is 0 Å². The Kier molecular flexibility index (Phi) is 5.23. The molecule has 0 radical (unpaired) electrons. The molecule has 0 aliphatic rings. The number of hydrogen-bond donors (Lipinski definition) is 1. The molecule has 0 saturated carbocycles. The van der Waals surface area contributed by atoms with E-state index in [-0.39, 0.29) is 0 Å². The van der Waals surface area contributed by atoms with Gasteiger partial charge in [-0.2, -0.15) is 0 Å². The molecule has 1 atom stereocenters. The molecule has 0 fully saturated rings. The molecule has 56 valence electrons. The van der Waals surface area contributed by atoms with Gasteiger partial charge < -0.3 is 14.9 Å². The highest BCUT2D eigenvalue weighted by atomic mass is 16.1. The van der Waals surface area contributed by atoms with Gasteiger partial charge in [0.2, 0.25) is 6.41 Å². The maximum absolute atomic E-state index is 10.1. The molecule has 0 rings (SSSR count). The smallest absolute Gasteiger partial charge is 0.207 e. The fourth-order valence-electron chi connectivity index (χ4n) is 0.526. The topological polar surface area (TPSA) is 63.2 Å². The van der Waals surface area contributed by atoms with Crippen LogP contribution in [0.25, 0.3) is 0 Å². The zero-order chi connectivity index (χ0) is 7.82. The standard InChI is InChI=1S/C6H9NO3/c8-3-1-2-6(4-9)7-5-10/h3-6H,1-2H2,(H,7,10). The molecule has 0 aliphatic heterocycles. The van der Waals surface area contributed by atoms with Crippen molar-refractivity contribution in [3.05, 3.63) is 0 Å². The number of carbonyl (C=O) groups excluding carboxylic acids is 3. The monoisotopic (exact) mass is 143 g/mol. The molecule has 0 aromatic rings. The average molecular weight is 143 g/mol. The van der Waals surface area contributed by atoms with E-state index >= 15 is 0 Å². The average Bonchev–Trinajstić information content (AvgIpc) is 1.98. The minimum atomic E-state index is -0.511. The fraction of sp³-hybridized carbons (Fsp3) is 0.500. The molecule has 0 aliphatic carbocycles. The molecule has 0 heterocycles. The molecule has 4 nitrogen and oxygen atoms in total. The highest BCUT2D eigenvalue weighted by Gasteiger charge is 2.02. The first kappa shape index (κ1) is 8.81. The Labute approximate surface area is 58.6 Å². The molecule has 4 heteroatoms. The SMILES string of the molecule is O=CCCC(C=O)NC=O. The van der Waals surface area contributed by atoms with Crippen LogP contribution < -0.4 is 5.32 Å². The van der Waals surface area contributed by atoms with Gasteiger partial charge in [0.05, 0.1) is 6.04 Å². The maximum Gasteiger partial charge on any atom is 0.207 e. The molecule has 1 unspecified atom stereocenters. The Morgan fingerprint density at radius 1 is 1.30 bits per heavy atom. The summed E-state index contributed by atoms with van der Waals surface area (Å²) in [4.78, 5) is 29.6. The Morgan fingerprint density at radius 3 is 2.40 bits per heavy atom. The zero-order valence-corrected chi connectivity index (χ0v) is 5.45. The van der Waals surface area contributed by atoms with Crippen LogP contribution in [-0.4, -0.2) is 25.0 Å². The van der Waals surface area contributed by atoms with Gasteiger partial charge in [-0.25, -0.2) is 0 Å². The summed E-state index contributed by atoms with van der Waals surface area (Å²) in [5.41, 5.74) is 0. The van der Waals surface area contributed by atoms with Crippen molar-refractivity contribution in [2.45, 2.75) is 18.9 Å². The summed E-state index contributed by atoms with van der Waals surface area (Å²) in [7, 11) is 0. The van der Waals surface area contributed by atoms with Gasteiger partial charge in [-0.1, -0.05) is 0 Å². The Bertz CT molecular complexity index is 124. The molecule has 0 bridgehead atoms. The second-order valence-corrected chi connectivity index (χ2v) is 1.77. The highest BCUT2D eigenvalue weighted by molar-refractivity contribution is 5.64. The van der Waals surface area contributed by atoms with E-state index in [9.17, 15) is 14.4 Å². The first-order valence-corrected chi connectivity index (χ1v) is 2.93. The van der Waals surface area contributed by atoms with Gasteiger partial charge in [0.25, 0.3) is 0 Å². The van der Waals surface area contributed by atoms with E-state index in [0.717, 1.165) is 0 Å². The van der Waals surface area contributed by atoms with E-state index < -0.39 is 6.04 Å². The Morgan fingerprint density at radius 2 is 2.00 bits per heavy atom. The van der Waals surface area contributed by atoms with Crippen molar-refractivity contribution in [3.8, 4) is 0 Å². The molecule has 1 amide bonds. The molecule has 0 aromatic heterocycles. The van der Waals surface area contributed by atoms with Crippen LogP contribution >= 0.6 is 0 Å². The quantitative estimate of drug-likeness (QED) is 0.499. The van der Waals surface area contributed by atoms with E-state index in [1.807, 2.05) is 0 Å². The van der Waals surface area contributed by atoms with Crippen molar-refractivity contribution in [2.75, 3.05) is 0 Å². The summed E-state index contributed by atoms with van der Waals surface area (Å²) < 4.78 is 0. The van der Waals surface area contributed by atoms with E-state index in [1.165, 1.54) is 0 Å². The first-order chi connectivity index (χ1) is 4.85. The fourth-order valence-corrected chi connectivity index (χ4v) is 0.526. The summed E-state index contributed by atoms with van der Waals surface area (Å²) in [6, 6.07) is -0.511. The first-order valence-electron chi connectivity index (χ1n) is 2.93. The van der Waals surface area contributed by atoms with E-state index in [1.54, 1.807) is 0 Å². The van der Waals surface area contributed by atoms with Crippen molar-refractivity contribution >= 4 is 19.0 Å². The third-order valence-electron chi connectivity index (χ3n) is 1.04. The molecule has 10 heavy (non-hydrogen) atoms. The third-order valence-corrected chi connectivity index (χ3v) is 1.04. The predicted molar refractivity (Wildman–Crippen MR) is 34.3 cm³/mol. The number of rotatable bonds is 6. The predicted octanol–water partition coefficient (Wildman–Crippen LogP) is -0.721. The lowest BCUT2D eigenvalue weighted by Gasteiger charge is -2.03. The van der Waals surface area contributed by atoms with Gasteiger partial charge in [-0.15, -0.1) is 0 Å². The van der Waals surface area contributed by atoms with Crippen LogP contribution in [0, 0.1) is 0 Å². The van der Waals surface area contributed by atoms with Gasteiger partial charge in [0, 0.05) is 6.42 Å². The van der Waals surface area contributed by atoms with Crippen LogP contribution in [0.5, 0.6) is 0 Å². The largest absolute Gasteiger partial charge is 0.349 e. The number of hydrogen-bond acceptors (Lipinski definition) is 3. The summed E-state index contributed by atoms with van der Waals surface area (Å²) in [5, 5.41) is 2.26. The van der Waals surface area contributed by atoms with Crippen molar-refractivity contribution in [1.82, 2.24) is 5.32 Å². The third kappa shape index (κ3) is 3.77. The van der Waals surface area contributed by atoms with Gasteiger partial charge in [0.15, 0.2) is 0 Å². The van der Waals surface area contributed by atoms with Crippen molar-refractivity contribution in [3.63, 3.8) is 0 Å². The van der Waals surface area contributed by atoms with Gasteiger partial charge in [0.1, 0.15) is 12.6 Å². The summed E-state index contributed by atoms with van der Waals surface area (Å²) >= 11 is 0. The van der Waals surface area contributed by atoms with Crippen LogP contribution in [0.3, 0.4) is 0 Å². The van der Waals surface area contributed by atoms with E-state index in [2.05, 4.69) is 5.32 Å². The second kappa shape index (κ2) is 5.94. The number of amides is 1.